The Kier molecular flexibility index (Phi) is 5.82. The Bertz CT molecular complexity index is 386. The first kappa shape index (κ1) is 15.7. The molecule has 0 saturated heterocycles. The molecule has 0 fully saturated rings. The molecule has 1 aromatic rings. The standard InChI is InChI=1S/C13H24BrN3O/c1-5-13(18,6-2)9-15-8-11-12(14)10(4)16-17(11)7-3/h15,18H,5-9H2,1-4H3. The highest BCUT2D eigenvalue weighted by molar-refractivity contribution is 9.10. The van der Waals surface area contributed by atoms with Gasteiger partial charge in [0, 0.05) is 19.6 Å². The maximum Gasteiger partial charge on any atom is 0.0766 e. The third-order valence-electron chi connectivity index (χ3n) is 3.52. The topological polar surface area (TPSA) is 50.1 Å². The maximum absolute atomic E-state index is 10.2. The number of hydrogen-bond acceptors (Lipinski definition) is 3. The molecule has 1 rings (SSSR count). The number of rotatable bonds is 7. The van der Waals surface area contributed by atoms with Crippen molar-refractivity contribution in [2.45, 2.75) is 59.2 Å². The molecule has 0 aliphatic rings. The molecule has 2 N–H and O–H groups in total. The van der Waals surface area contributed by atoms with Crippen molar-refractivity contribution in [3.8, 4) is 0 Å². The Morgan fingerprint density at radius 3 is 2.44 bits per heavy atom. The molecule has 0 aliphatic carbocycles. The first-order valence-electron chi connectivity index (χ1n) is 6.62. The van der Waals surface area contributed by atoms with Gasteiger partial charge in [0.05, 0.1) is 21.5 Å². The molecule has 1 heterocycles. The number of halogens is 1. The Morgan fingerprint density at radius 1 is 1.33 bits per heavy atom. The first-order chi connectivity index (χ1) is 8.47. The maximum atomic E-state index is 10.2. The zero-order valence-electron chi connectivity index (χ0n) is 11.8. The van der Waals surface area contributed by atoms with Crippen molar-refractivity contribution in [2.75, 3.05) is 6.54 Å². The predicted octanol–water partition coefficient (Wildman–Crippen LogP) is 2.61. The highest BCUT2D eigenvalue weighted by Gasteiger charge is 2.22. The molecule has 5 heteroatoms. The minimum Gasteiger partial charge on any atom is -0.389 e. The van der Waals surface area contributed by atoms with Crippen LogP contribution in [0.2, 0.25) is 0 Å². The van der Waals surface area contributed by atoms with E-state index in [1.807, 2.05) is 25.5 Å². The molecule has 0 bridgehead atoms. The van der Waals surface area contributed by atoms with Crippen molar-refractivity contribution < 1.29 is 5.11 Å². The zero-order valence-corrected chi connectivity index (χ0v) is 13.3. The molecule has 0 atom stereocenters. The van der Waals surface area contributed by atoms with E-state index in [0.29, 0.717) is 6.54 Å². The smallest absolute Gasteiger partial charge is 0.0766 e. The zero-order chi connectivity index (χ0) is 13.8. The predicted molar refractivity (Wildman–Crippen MR) is 77.6 cm³/mol. The van der Waals surface area contributed by atoms with Crippen molar-refractivity contribution in [2.24, 2.45) is 0 Å². The number of aryl methyl sites for hydroxylation is 2. The molecule has 0 radical (unpaired) electrons. The second kappa shape index (κ2) is 6.68. The van der Waals surface area contributed by atoms with Crippen LogP contribution < -0.4 is 5.32 Å². The fourth-order valence-corrected chi connectivity index (χ4v) is 2.38. The van der Waals surface area contributed by atoms with Crippen LogP contribution in [-0.2, 0) is 13.1 Å². The van der Waals surface area contributed by atoms with Crippen LogP contribution in [0.5, 0.6) is 0 Å². The largest absolute Gasteiger partial charge is 0.389 e. The van der Waals surface area contributed by atoms with Crippen LogP contribution in [0.15, 0.2) is 4.47 Å². The van der Waals surface area contributed by atoms with Crippen molar-refractivity contribution >= 4 is 15.9 Å². The van der Waals surface area contributed by atoms with Gasteiger partial charge in [-0.1, -0.05) is 13.8 Å². The Labute approximate surface area is 118 Å². The van der Waals surface area contributed by atoms with Gasteiger partial charge >= 0.3 is 0 Å². The minimum atomic E-state index is -0.599. The van der Waals surface area contributed by atoms with E-state index in [1.165, 1.54) is 0 Å². The van der Waals surface area contributed by atoms with Gasteiger partial charge < -0.3 is 10.4 Å². The van der Waals surface area contributed by atoms with Crippen LogP contribution in [0.3, 0.4) is 0 Å². The summed E-state index contributed by atoms with van der Waals surface area (Å²) in [5.74, 6) is 0. The van der Waals surface area contributed by atoms with E-state index in [1.54, 1.807) is 0 Å². The lowest BCUT2D eigenvalue weighted by atomic mass is 9.98. The highest BCUT2D eigenvalue weighted by Crippen LogP contribution is 2.21. The minimum absolute atomic E-state index is 0.599. The van der Waals surface area contributed by atoms with Gasteiger partial charge in [0.25, 0.3) is 0 Å². The lowest BCUT2D eigenvalue weighted by molar-refractivity contribution is 0.0321. The van der Waals surface area contributed by atoms with E-state index in [4.69, 9.17) is 0 Å². The van der Waals surface area contributed by atoms with Crippen molar-refractivity contribution in [1.29, 1.82) is 0 Å². The number of aliphatic hydroxyl groups is 1. The summed E-state index contributed by atoms with van der Waals surface area (Å²) in [5, 5.41) is 18.0. The fourth-order valence-electron chi connectivity index (χ4n) is 1.95. The van der Waals surface area contributed by atoms with Crippen LogP contribution in [0.1, 0.15) is 45.0 Å². The van der Waals surface area contributed by atoms with E-state index in [-0.39, 0.29) is 0 Å². The fraction of sp³-hybridized carbons (Fsp3) is 0.769. The molecule has 4 nitrogen and oxygen atoms in total. The quantitative estimate of drug-likeness (QED) is 0.812. The SMILES string of the molecule is CCn1nc(C)c(Br)c1CNCC(O)(CC)CC. The number of aromatic nitrogens is 2. The second-order valence-corrected chi connectivity index (χ2v) is 5.49. The summed E-state index contributed by atoms with van der Waals surface area (Å²) in [6.45, 7) is 10.3. The Morgan fingerprint density at radius 2 is 1.94 bits per heavy atom. The van der Waals surface area contributed by atoms with Gasteiger partial charge in [0.15, 0.2) is 0 Å². The van der Waals surface area contributed by atoms with E-state index in [2.05, 4.69) is 33.3 Å². The lowest BCUT2D eigenvalue weighted by Gasteiger charge is -2.25. The van der Waals surface area contributed by atoms with Gasteiger partial charge in [-0.15, -0.1) is 0 Å². The average molecular weight is 318 g/mol. The van der Waals surface area contributed by atoms with Gasteiger partial charge in [-0.2, -0.15) is 5.10 Å². The molecule has 0 unspecified atom stereocenters. The van der Waals surface area contributed by atoms with Crippen LogP contribution >= 0.6 is 15.9 Å². The molecule has 0 aromatic carbocycles. The van der Waals surface area contributed by atoms with Gasteiger partial charge in [-0.25, -0.2) is 0 Å². The first-order valence-corrected chi connectivity index (χ1v) is 7.41. The molecule has 18 heavy (non-hydrogen) atoms. The van der Waals surface area contributed by atoms with Gasteiger partial charge in [0.1, 0.15) is 0 Å². The summed E-state index contributed by atoms with van der Waals surface area (Å²) in [5.41, 5.74) is 1.55. The molecule has 0 amide bonds. The molecule has 104 valence electrons. The second-order valence-electron chi connectivity index (χ2n) is 4.70. The summed E-state index contributed by atoms with van der Waals surface area (Å²) in [7, 11) is 0. The van der Waals surface area contributed by atoms with Gasteiger partial charge in [0.2, 0.25) is 0 Å². The van der Waals surface area contributed by atoms with Crippen LogP contribution in [0.25, 0.3) is 0 Å². The summed E-state index contributed by atoms with van der Waals surface area (Å²) in [4.78, 5) is 0. The molecular weight excluding hydrogens is 294 g/mol. The van der Waals surface area contributed by atoms with Crippen LogP contribution in [-0.4, -0.2) is 27.0 Å². The third-order valence-corrected chi connectivity index (χ3v) is 4.55. The summed E-state index contributed by atoms with van der Waals surface area (Å²) in [6, 6.07) is 0. The van der Waals surface area contributed by atoms with Crippen molar-refractivity contribution in [1.82, 2.24) is 15.1 Å². The normalized spacial score (nSPS) is 12.1. The molecule has 0 aliphatic heterocycles. The van der Waals surface area contributed by atoms with E-state index >= 15 is 0 Å². The third kappa shape index (κ3) is 3.56. The summed E-state index contributed by atoms with van der Waals surface area (Å²) >= 11 is 3.57. The summed E-state index contributed by atoms with van der Waals surface area (Å²) in [6.07, 6.45) is 1.54. The number of hydrogen-bond donors (Lipinski definition) is 2. The molecular formula is C13H24BrN3O. The molecule has 0 spiro atoms. The van der Waals surface area contributed by atoms with E-state index in [0.717, 1.165) is 41.8 Å². The van der Waals surface area contributed by atoms with Crippen LogP contribution in [0, 0.1) is 6.92 Å². The average Bonchev–Trinajstić information content (AvgIpc) is 2.66. The van der Waals surface area contributed by atoms with Crippen molar-refractivity contribution in [3.63, 3.8) is 0 Å². The monoisotopic (exact) mass is 317 g/mol. The van der Waals surface area contributed by atoms with E-state index < -0.39 is 5.60 Å². The summed E-state index contributed by atoms with van der Waals surface area (Å²) < 4.78 is 3.05. The van der Waals surface area contributed by atoms with Crippen LogP contribution in [0.4, 0.5) is 0 Å². The highest BCUT2D eigenvalue weighted by atomic mass is 79.9. The van der Waals surface area contributed by atoms with E-state index in [9.17, 15) is 5.11 Å². The lowest BCUT2D eigenvalue weighted by Crippen LogP contribution is -2.39. The molecule has 0 saturated carbocycles. The van der Waals surface area contributed by atoms with Gasteiger partial charge in [-0.05, 0) is 42.6 Å². The van der Waals surface area contributed by atoms with Crippen molar-refractivity contribution in [3.05, 3.63) is 15.9 Å². The number of nitrogens with zero attached hydrogens (tertiary/aromatic N) is 2. The van der Waals surface area contributed by atoms with Gasteiger partial charge in [-0.3, -0.25) is 4.68 Å². The Hall–Kier alpha value is -0.390. The molecule has 1 aromatic heterocycles. The number of nitrogens with one attached hydrogen (secondary N) is 1. The Balaban J connectivity index is 2.64.